The summed E-state index contributed by atoms with van der Waals surface area (Å²) >= 11 is 0. The van der Waals surface area contributed by atoms with E-state index in [1.165, 1.54) is 0 Å². The first-order valence-corrected chi connectivity index (χ1v) is 9.41. The third kappa shape index (κ3) is 3.74. The Morgan fingerprint density at radius 2 is 1.45 bits per heavy atom. The van der Waals surface area contributed by atoms with Gasteiger partial charge in [0.25, 0.3) is 0 Å². The van der Waals surface area contributed by atoms with E-state index in [-0.39, 0.29) is 18.0 Å². The molecule has 1 aromatic heterocycles. The molecule has 4 aromatic rings. The molecular weight excluding hydrogens is 358 g/mol. The Hall–Kier alpha value is -3.90. The van der Waals surface area contributed by atoms with Crippen LogP contribution in [0.25, 0.3) is 10.9 Å². The summed E-state index contributed by atoms with van der Waals surface area (Å²) in [6, 6.07) is 26.3. The minimum Gasteiger partial charge on any atom is -0.346 e. The Morgan fingerprint density at radius 1 is 0.828 bits per heavy atom. The van der Waals surface area contributed by atoms with E-state index < -0.39 is 0 Å². The van der Waals surface area contributed by atoms with Crippen molar-refractivity contribution in [2.45, 2.75) is 6.42 Å². The second-order valence-corrected chi connectivity index (χ2v) is 6.81. The topological polar surface area (TPSA) is 39.1 Å². The van der Waals surface area contributed by atoms with Gasteiger partial charge in [-0.3, -0.25) is 9.59 Å². The van der Waals surface area contributed by atoms with E-state index in [0.29, 0.717) is 16.8 Å². The van der Waals surface area contributed by atoms with Crippen molar-refractivity contribution < 1.29 is 9.59 Å². The molecule has 0 aliphatic heterocycles. The molecule has 4 rings (SSSR count). The number of Topliss-reactive ketones (excluding diaryl/α,β-unsaturated/α-hetero) is 1. The molecular formula is C26H19NO2. The van der Waals surface area contributed by atoms with E-state index >= 15 is 0 Å². The second-order valence-electron chi connectivity index (χ2n) is 6.81. The molecule has 0 unspecified atom stereocenters. The highest BCUT2D eigenvalue weighted by Crippen LogP contribution is 2.28. The molecule has 0 aliphatic rings. The fourth-order valence-electron chi connectivity index (χ4n) is 3.50. The number of ketones is 2. The van der Waals surface area contributed by atoms with E-state index in [1.54, 1.807) is 12.1 Å². The smallest absolute Gasteiger partial charge is 0.211 e. The monoisotopic (exact) mass is 377 g/mol. The number of rotatable bonds is 4. The Labute approximate surface area is 169 Å². The Kier molecular flexibility index (Phi) is 5.09. The van der Waals surface area contributed by atoms with Crippen molar-refractivity contribution in [3.63, 3.8) is 0 Å². The fraction of sp³-hybridized carbons (Fsp3) is 0.0769. The molecule has 0 fully saturated rings. The van der Waals surface area contributed by atoms with Crippen molar-refractivity contribution in [2.24, 2.45) is 7.05 Å². The van der Waals surface area contributed by atoms with Gasteiger partial charge in [0.15, 0.2) is 5.78 Å². The van der Waals surface area contributed by atoms with Gasteiger partial charge in [-0.25, -0.2) is 0 Å². The highest BCUT2D eigenvalue weighted by atomic mass is 16.1. The van der Waals surface area contributed by atoms with E-state index in [1.807, 2.05) is 84.4 Å². The lowest BCUT2D eigenvalue weighted by Crippen LogP contribution is -2.11. The summed E-state index contributed by atoms with van der Waals surface area (Å²) in [5.41, 5.74) is 3.58. The zero-order chi connectivity index (χ0) is 20.2. The lowest BCUT2D eigenvalue weighted by Gasteiger charge is -2.06. The van der Waals surface area contributed by atoms with E-state index in [0.717, 1.165) is 16.5 Å². The molecule has 3 nitrogen and oxygen atoms in total. The van der Waals surface area contributed by atoms with Crippen molar-refractivity contribution in [2.75, 3.05) is 0 Å². The van der Waals surface area contributed by atoms with Crippen molar-refractivity contribution in [3.05, 3.63) is 107 Å². The zero-order valence-electron chi connectivity index (χ0n) is 16.1. The molecule has 0 bridgehead atoms. The van der Waals surface area contributed by atoms with Crippen molar-refractivity contribution in [1.29, 1.82) is 0 Å². The molecule has 0 saturated carbocycles. The molecule has 3 aromatic carbocycles. The van der Waals surface area contributed by atoms with Gasteiger partial charge < -0.3 is 4.57 Å². The van der Waals surface area contributed by atoms with E-state index in [9.17, 15) is 9.59 Å². The van der Waals surface area contributed by atoms with Crippen LogP contribution in [0.4, 0.5) is 0 Å². The van der Waals surface area contributed by atoms with Crippen LogP contribution in [-0.2, 0) is 18.3 Å². The summed E-state index contributed by atoms with van der Waals surface area (Å²) < 4.78 is 1.92. The standard InChI is InChI=1S/C26H19NO2/c1-27-23-15-9-8-14-22(23)25(26(29)20-12-6-3-7-13-20)24(27)18-21(28)17-16-19-10-4-2-5-11-19/h2-15H,18H2,1H3. The molecule has 0 spiro atoms. The van der Waals surface area contributed by atoms with Crippen molar-refractivity contribution in [1.82, 2.24) is 4.57 Å². The maximum Gasteiger partial charge on any atom is 0.211 e. The van der Waals surface area contributed by atoms with Gasteiger partial charge >= 0.3 is 0 Å². The minimum atomic E-state index is -0.220. The molecule has 0 atom stereocenters. The molecule has 3 heteroatoms. The number of nitrogens with zero attached hydrogens (tertiary/aromatic N) is 1. The number of carbonyl (C=O) groups excluding carboxylic acids is 2. The molecule has 0 amide bonds. The summed E-state index contributed by atoms with van der Waals surface area (Å²) in [5, 5.41) is 0.850. The average Bonchev–Trinajstić information content (AvgIpc) is 3.05. The number of carbonyl (C=O) groups is 2. The fourth-order valence-corrected chi connectivity index (χ4v) is 3.50. The number of aromatic nitrogens is 1. The van der Waals surface area contributed by atoms with Crippen LogP contribution in [0.15, 0.2) is 84.9 Å². The summed E-state index contributed by atoms with van der Waals surface area (Å²) in [4.78, 5) is 25.9. The third-order valence-electron chi connectivity index (χ3n) is 4.94. The normalized spacial score (nSPS) is 10.4. The van der Waals surface area contributed by atoms with Crippen LogP contribution in [0.1, 0.15) is 27.2 Å². The van der Waals surface area contributed by atoms with Crippen molar-refractivity contribution >= 4 is 22.5 Å². The maximum atomic E-state index is 13.3. The van der Waals surface area contributed by atoms with Crippen LogP contribution in [0.2, 0.25) is 0 Å². The number of aryl methyl sites for hydroxylation is 1. The van der Waals surface area contributed by atoms with Gasteiger partial charge in [-0.05, 0) is 24.1 Å². The van der Waals surface area contributed by atoms with Gasteiger partial charge in [-0.2, -0.15) is 0 Å². The maximum absolute atomic E-state index is 13.3. The quantitative estimate of drug-likeness (QED) is 0.386. The van der Waals surface area contributed by atoms with Gasteiger partial charge in [0, 0.05) is 34.8 Å². The summed E-state index contributed by atoms with van der Waals surface area (Å²) in [5.74, 6) is 5.31. The van der Waals surface area contributed by atoms with Gasteiger partial charge in [-0.1, -0.05) is 72.7 Å². The summed E-state index contributed by atoms with van der Waals surface area (Å²) in [7, 11) is 1.89. The van der Waals surface area contributed by atoms with Gasteiger partial charge in [0.1, 0.15) is 0 Å². The summed E-state index contributed by atoms with van der Waals surface area (Å²) in [6.45, 7) is 0. The Bertz CT molecular complexity index is 1260. The van der Waals surface area contributed by atoms with Gasteiger partial charge in [0.2, 0.25) is 5.78 Å². The van der Waals surface area contributed by atoms with E-state index in [4.69, 9.17) is 0 Å². The van der Waals surface area contributed by atoms with Crippen LogP contribution in [-0.4, -0.2) is 16.1 Å². The van der Waals surface area contributed by atoms with Crippen LogP contribution in [0.3, 0.4) is 0 Å². The predicted octanol–water partition coefficient (Wildman–Crippen LogP) is 4.57. The Balaban J connectivity index is 1.76. The van der Waals surface area contributed by atoms with Crippen LogP contribution >= 0.6 is 0 Å². The molecule has 29 heavy (non-hydrogen) atoms. The lowest BCUT2D eigenvalue weighted by atomic mass is 9.98. The minimum absolute atomic E-state index is 0.0822. The molecule has 0 saturated heterocycles. The number of hydrogen-bond donors (Lipinski definition) is 0. The Morgan fingerprint density at radius 3 is 2.17 bits per heavy atom. The van der Waals surface area contributed by atoms with Crippen LogP contribution < -0.4 is 0 Å². The highest BCUT2D eigenvalue weighted by Gasteiger charge is 2.23. The first-order chi connectivity index (χ1) is 14.1. The lowest BCUT2D eigenvalue weighted by molar-refractivity contribution is -0.113. The van der Waals surface area contributed by atoms with Gasteiger partial charge in [-0.15, -0.1) is 0 Å². The molecule has 0 radical (unpaired) electrons. The first kappa shape index (κ1) is 18.5. The number of para-hydroxylation sites is 1. The molecule has 0 aliphatic carbocycles. The number of fused-ring (bicyclic) bond motifs is 1. The van der Waals surface area contributed by atoms with E-state index in [2.05, 4.69) is 11.8 Å². The largest absolute Gasteiger partial charge is 0.346 e. The zero-order valence-corrected chi connectivity index (χ0v) is 16.1. The first-order valence-electron chi connectivity index (χ1n) is 9.41. The predicted molar refractivity (Wildman–Crippen MR) is 115 cm³/mol. The van der Waals surface area contributed by atoms with Gasteiger partial charge in [0.05, 0.1) is 12.0 Å². The van der Waals surface area contributed by atoms with Crippen LogP contribution in [0.5, 0.6) is 0 Å². The number of benzene rings is 3. The van der Waals surface area contributed by atoms with Crippen LogP contribution in [0, 0.1) is 11.8 Å². The second kappa shape index (κ2) is 8.00. The molecule has 1 heterocycles. The molecule has 0 N–H and O–H groups in total. The highest BCUT2D eigenvalue weighted by molar-refractivity contribution is 6.18. The van der Waals surface area contributed by atoms with Crippen molar-refractivity contribution in [3.8, 4) is 11.8 Å². The summed E-state index contributed by atoms with van der Waals surface area (Å²) in [6.07, 6.45) is 0.0823. The third-order valence-corrected chi connectivity index (χ3v) is 4.94. The molecule has 140 valence electrons. The number of hydrogen-bond acceptors (Lipinski definition) is 2. The average molecular weight is 377 g/mol. The SMILES string of the molecule is Cn1c(CC(=O)C#Cc2ccccc2)c(C(=O)c2ccccc2)c2ccccc21.